The van der Waals surface area contributed by atoms with Crippen molar-refractivity contribution in [1.82, 2.24) is 9.80 Å². The molecular weight excluding hydrogens is 464 g/mol. The lowest BCUT2D eigenvalue weighted by atomic mass is 9.73. The molecule has 182 valence electrons. The van der Waals surface area contributed by atoms with Gasteiger partial charge in [0.25, 0.3) is 0 Å². The van der Waals surface area contributed by atoms with Gasteiger partial charge in [-0.3, -0.25) is 4.79 Å². The molecule has 3 aromatic rings. The van der Waals surface area contributed by atoms with Gasteiger partial charge in [0, 0.05) is 23.6 Å². The number of rotatable bonds is 3. The van der Waals surface area contributed by atoms with E-state index in [1.807, 2.05) is 24.3 Å². The molecule has 0 aliphatic carbocycles. The Hall–Kier alpha value is -4.22. The average molecular weight is 488 g/mol. The normalized spacial score (nSPS) is 20.6. The molecule has 0 spiro atoms. The molecule has 2 fully saturated rings. The van der Waals surface area contributed by atoms with E-state index in [4.69, 9.17) is 0 Å². The quantitative estimate of drug-likeness (QED) is 0.555. The van der Waals surface area contributed by atoms with Crippen molar-refractivity contribution in [2.75, 3.05) is 25.0 Å². The van der Waals surface area contributed by atoms with E-state index < -0.39 is 11.8 Å². The van der Waals surface area contributed by atoms with Crippen molar-refractivity contribution in [2.24, 2.45) is 0 Å². The summed E-state index contributed by atoms with van der Waals surface area (Å²) in [6.45, 7) is -0.0717. The molecule has 3 amide bonds. The van der Waals surface area contributed by atoms with E-state index >= 15 is 0 Å². The number of carbonyl (C=O) groups excluding carboxylic acids is 2. The molecule has 2 heterocycles. The first-order valence-electron chi connectivity index (χ1n) is 11.5. The number of nitrogens with one attached hydrogen (secondary N) is 1. The van der Waals surface area contributed by atoms with Crippen molar-refractivity contribution >= 4 is 17.6 Å². The Bertz CT molecular complexity index is 1350. The molecule has 0 aromatic heterocycles. The Morgan fingerprint density at radius 3 is 2.25 bits per heavy atom. The number of para-hydroxylation sites is 1. The number of halogens is 2. The number of carbonyl (C=O) groups is 2. The molecule has 8 heteroatoms. The fourth-order valence-electron chi connectivity index (χ4n) is 4.88. The molecule has 36 heavy (non-hydrogen) atoms. The smallest absolute Gasteiger partial charge is 0.322 e. The Morgan fingerprint density at radius 1 is 0.972 bits per heavy atom. The van der Waals surface area contributed by atoms with Crippen LogP contribution in [0.4, 0.5) is 19.3 Å². The first kappa shape index (κ1) is 23.5. The molecule has 2 N–H and O–H groups in total. The zero-order valence-corrected chi connectivity index (χ0v) is 19.2. The molecule has 6 nitrogen and oxygen atoms in total. The van der Waals surface area contributed by atoms with Gasteiger partial charge < -0.3 is 20.2 Å². The number of aliphatic hydroxyl groups is 1. The summed E-state index contributed by atoms with van der Waals surface area (Å²) in [6.07, 6.45) is 0. The molecule has 2 aliphatic heterocycles. The van der Waals surface area contributed by atoms with Crippen LogP contribution in [0.25, 0.3) is 0 Å². The summed E-state index contributed by atoms with van der Waals surface area (Å²) in [7, 11) is 0. The third kappa shape index (κ3) is 4.53. The predicted octanol–water partition coefficient (Wildman–Crippen LogP) is 3.57. The second-order valence-electron chi connectivity index (χ2n) is 8.81. The zero-order valence-electron chi connectivity index (χ0n) is 19.2. The van der Waals surface area contributed by atoms with E-state index in [2.05, 4.69) is 17.2 Å². The third-order valence-corrected chi connectivity index (χ3v) is 6.65. The SMILES string of the molecule is O=C(Nc1ccccc1F)N1CC(=O)N2[C@H](C1)[C@H](c1ccc(C#Cc3ccc(F)cc3)cc1)[C@@H]2CO. The third-order valence-electron chi connectivity index (χ3n) is 6.65. The Labute approximate surface area is 207 Å². The number of urea groups is 1. The summed E-state index contributed by atoms with van der Waals surface area (Å²) in [6, 6.07) is 18.1. The van der Waals surface area contributed by atoms with Crippen LogP contribution in [0.5, 0.6) is 0 Å². The number of benzene rings is 3. The second kappa shape index (κ2) is 9.80. The number of hydrogen-bond donors (Lipinski definition) is 2. The maximum atomic E-state index is 14.0. The van der Waals surface area contributed by atoms with Gasteiger partial charge in [-0.2, -0.15) is 0 Å². The zero-order chi connectivity index (χ0) is 25.2. The highest BCUT2D eigenvalue weighted by Gasteiger charge is 2.54. The monoisotopic (exact) mass is 487 g/mol. The van der Waals surface area contributed by atoms with Crippen molar-refractivity contribution < 1.29 is 23.5 Å². The molecule has 2 saturated heterocycles. The average Bonchev–Trinajstić information content (AvgIpc) is 2.87. The number of piperazine rings is 1. The summed E-state index contributed by atoms with van der Waals surface area (Å²) in [5.41, 5.74) is 2.44. The van der Waals surface area contributed by atoms with E-state index in [1.54, 1.807) is 23.1 Å². The number of nitrogens with zero attached hydrogens (tertiary/aromatic N) is 2. The number of fused-ring (bicyclic) bond motifs is 1. The van der Waals surface area contributed by atoms with Gasteiger partial charge in [0.2, 0.25) is 5.91 Å². The minimum absolute atomic E-state index is 0.0492. The van der Waals surface area contributed by atoms with E-state index in [9.17, 15) is 23.5 Å². The summed E-state index contributed by atoms with van der Waals surface area (Å²) < 4.78 is 27.0. The fraction of sp³-hybridized carbons (Fsp3) is 0.214. The molecule has 3 atom stereocenters. The minimum Gasteiger partial charge on any atom is -0.394 e. The Kier molecular flexibility index (Phi) is 6.40. The van der Waals surface area contributed by atoms with Crippen molar-refractivity contribution in [3.8, 4) is 11.8 Å². The van der Waals surface area contributed by atoms with Crippen LogP contribution in [0.15, 0.2) is 72.8 Å². The molecular formula is C28H23F2N3O3. The van der Waals surface area contributed by atoms with Gasteiger partial charge in [-0.05, 0) is 54.1 Å². The van der Waals surface area contributed by atoms with Crippen molar-refractivity contribution in [2.45, 2.75) is 18.0 Å². The highest BCUT2D eigenvalue weighted by atomic mass is 19.1. The second-order valence-corrected chi connectivity index (χ2v) is 8.81. The predicted molar refractivity (Wildman–Crippen MR) is 130 cm³/mol. The van der Waals surface area contributed by atoms with E-state index in [-0.39, 0.29) is 55.1 Å². The largest absolute Gasteiger partial charge is 0.394 e. The van der Waals surface area contributed by atoms with Gasteiger partial charge in [-0.25, -0.2) is 13.6 Å². The molecule has 0 bridgehead atoms. The highest BCUT2D eigenvalue weighted by molar-refractivity contribution is 5.94. The maximum Gasteiger partial charge on any atom is 0.322 e. The number of anilines is 1. The van der Waals surface area contributed by atoms with Crippen molar-refractivity contribution in [3.05, 3.63) is 101 Å². The van der Waals surface area contributed by atoms with Gasteiger partial charge >= 0.3 is 6.03 Å². The van der Waals surface area contributed by atoms with Crippen LogP contribution >= 0.6 is 0 Å². The standard InChI is InChI=1S/C28H23F2N3O3/c29-21-13-9-19(10-14-21)6-5-18-7-11-20(12-8-18)27-24-15-32(16-26(35)33(24)25(27)17-34)28(36)31-23-4-2-1-3-22(23)30/h1-4,7-14,24-25,27,34H,15-17H2,(H,31,36)/t24-,25+,27+/m1/s1. The summed E-state index contributed by atoms with van der Waals surface area (Å²) >= 11 is 0. The molecule has 0 radical (unpaired) electrons. The van der Waals surface area contributed by atoms with Crippen molar-refractivity contribution in [3.63, 3.8) is 0 Å². The Morgan fingerprint density at radius 2 is 1.61 bits per heavy atom. The van der Waals surface area contributed by atoms with Gasteiger partial charge in [0.15, 0.2) is 0 Å². The van der Waals surface area contributed by atoms with Gasteiger partial charge in [-0.1, -0.05) is 36.1 Å². The lowest BCUT2D eigenvalue weighted by molar-refractivity contribution is -0.159. The van der Waals surface area contributed by atoms with Crippen LogP contribution in [-0.2, 0) is 4.79 Å². The van der Waals surface area contributed by atoms with Gasteiger partial charge in [0.1, 0.15) is 18.2 Å². The molecule has 0 unspecified atom stereocenters. The van der Waals surface area contributed by atoms with Crippen LogP contribution in [0.1, 0.15) is 22.6 Å². The summed E-state index contributed by atoms with van der Waals surface area (Å²) in [5, 5.41) is 12.5. The van der Waals surface area contributed by atoms with E-state index in [0.717, 1.165) is 11.1 Å². The fourth-order valence-corrected chi connectivity index (χ4v) is 4.88. The minimum atomic E-state index is -0.555. The van der Waals surface area contributed by atoms with Crippen LogP contribution in [0.3, 0.4) is 0 Å². The molecule has 2 aliphatic rings. The summed E-state index contributed by atoms with van der Waals surface area (Å²) in [5.74, 6) is 4.74. The van der Waals surface area contributed by atoms with Crippen LogP contribution in [0.2, 0.25) is 0 Å². The topological polar surface area (TPSA) is 72.9 Å². The first-order chi connectivity index (χ1) is 17.4. The van der Waals surface area contributed by atoms with Gasteiger partial charge in [-0.15, -0.1) is 0 Å². The molecule has 5 rings (SSSR count). The summed E-state index contributed by atoms with van der Waals surface area (Å²) in [4.78, 5) is 28.6. The van der Waals surface area contributed by atoms with Crippen LogP contribution < -0.4 is 5.32 Å². The van der Waals surface area contributed by atoms with E-state index in [1.165, 1.54) is 35.2 Å². The van der Waals surface area contributed by atoms with E-state index in [0.29, 0.717) is 5.56 Å². The molecule has 0 saturated carbocycles. The highest BCUT2D eigenvalue weighted by Crippen LogP contribution is 2.43. The molecule has 3 aromatic carbocycles. The van der Waals surface area contributed by atoms with Crippen molar-refractivity contribution in [1.29, 1.82) is 0 Å². The Balaban J connectivity index is 1.31. The number of amides is 3. The van der Waals surface area contributed by atoms with Gasteiger partial charge in [0.05, 0.1) is 24.4 Å². The lowest BCUT2D eigenvalue weighted by Crippen LogP contribution is -2.73. The van der Waals surface area contributed by atoms with Crippen LogP contribution in [0, 0.1) is 23.5 Å². The van der Waals surface area contributed by atoms with Crippen LogP contribution in [-0.4, -0.2) is 58.6 Å². The first-order valence-corrected chi connectivity index (χ1v) is 11.5. The number of hydrogen-bond acceptors (Lipinski definition) is 3. The lowest BCUT2D eigenvalue weighted by Gasteiger charge is -2.58. The number of aliphatic hydroxyl groups excluding tert-OH is 1. The maximum absolute atomic E-state index is 14.0.